The second kappa shape index (κ2) is 8.01. The van der Waals surface area contributed by atoms with Gasteiger partial charge in [-0.05, 0) is 45.8 Å². The van der Waals surface area contributed by atoms with Crippen molar-refractivity contribution in [2.45, 2.75) is 38.3 Å². The molecule has 16 heavy (non-hydrogen) atoms. The summed E-state index contributed by atoms with van der Waals surface area (Å²) in [4.78, 5) is 2.45. The van der Waals surface area contributed by atoms with Crippen LogP contribution in [0.15, 0.2) is 0 Å². The van der Waals surface area contributed by atoms with Crippen LogP contribution in [0.2, 0.25) is 0 Å². The lowest BCUT2D eigenvalue weighted by molar-refractivity contribution is 0.124. The van der Waals surface area contributed by atoms with Crippen molar-refractivity contribution in [3.05, 3.63) is 0 Å². The van der Waals surface area contributed by atoms with E-state index in [1.807, 2.05) is 6.92 Å². The second-order valence-electron chi connectivity index (χ2n) is 4.70. The molecule has 0 aromatic rings. The highest BCUT2D eigenvalue weighted by molar-refractivity contribution is 4.77. The lowest BCUT2D eigenvalue weighted by atomic mass is 10.0. The quantitative estimate of drug-likeness (QED) is 0.667. The van der Waals surface area contributed by atoms with Gasteiger partial charge in [0.05, 0.1) is 12.7 Å². The molecule has 1 saturated heterocycles. The van der Waals surface area contributed by atoms with Crippen LogP contribution < -0.4 is 5.32 Å². The summed E-state index contributed by atoms with van der Waals surface area (Å²) in [6.07, 6.45) is 3.09. The van der Waals surface area contributed by atoms with Crippen LogP contribution in [0.5, 0.6) is 0 Å². The van der Waals surface area contributed by atoms with Gasteiger partial charge < -0.3 is 20.1 Å². The SMILES string of the molecule is COCCN1CCC(NCCC(C)O)CC1. The standard InChI is InChI=1S/C12H26N2O2/c1-11(15)3-6-13-12-4-7-14(8-5-12)9-10-16-2/h11-13,15H,3-10H2,1-2H3. The minimum Gasteiger partial charge on any atom is -0.393 e. The van der Waals surface area contributed by atoms with Crippen molar-refractivity contribution in [3.63, 3.8) is 0 Å². The number of piperidine rings is 1. The third-order valence-corrected chi connectivity index (χ3v) is 3.19. The van der Waals surface area contributed by atoms with Gasteiger partial charge in [0.2, 0.25) is 0 Å². The molecule has 0 bridgehead atoms. The predicted octanol–water partition coefficient (Wildman–Crippen LogP) is 0.458. The van der Waals surface area contributed by atoms with E-state index in [0.29, 0.717) is 6.04 Å². The van der Waals surface area contributed by atoms with Gasteiger partial charge in [-0.3, -0.25) is 0 Å². The molecule has 0 aliphatic carbocycles. The summed E-state index contributed by atoms with van der Waals surface area (Å²) in [7, 11) is 1.75. The summed E-state index contributed by atoms with van der Waals surface area (Å²) in [5, 5.41) is 12.7. The van der Waals surface area contributed by atoms with E-state index < -0.39 is 0 Å². The van der Waals surface area contributed by atoms with Crippen LogP contribution in [0, 0.1) is 0 Å². The number of ether oxygens (including phenoxy) is 1. The topological polar surface area (TPSA) is 44.7 Å². The molecule has 0 aromatic carbocycles. The highest BCUT2D eigenvalue weighted by atomic mass is 16.5. The van der Waals surface area contributed by atoms with Gasteiger partial charge in [-0.2, -0.15) is 0 Å². The summed E-state index contributed by atoms with van der Waals surface area (Å²) in [6.45, 7) is 6.98. The fourth-order valence-corrected chi connectivity index (χ4v) is 2.08. The summed E-state index contributed by atoms with van der Waals surface area (Å²) in [6, 6.07) is 0.637. The second-order valence-corrected chi connectivity index (χ2v) is 4.70. The molecule has 4 heteroatoms. The molecule has 1 unspecified atom stereocenters. The summed E-state index contributed by atoms with van der Waals surface area (Å²) >= 11 is 0. The Hall–Kier alpha value is -0.160. The van der Waals surface area contributed by atoms with Crippen molar-refractivity contribution in [2.75, 3.05) is 39.9 Å². The number of nitrogens with one attached hydrogen (secondary N) is 1. The summed E-state index contributed by atoms with van der Waals surface area (Å²) in [5.41, 5.74) is 0. The van der Waals surface area contributed by atoms with Gasteiger partial charge in [0.1, 0.15) is 0 Å². The molecule has 1 atom stereocenters. The Kier molecular flexibility index (Phi) is 6.96. The fourth-order valence-electron chi connectivity index (χ4n) is 2.08. The first-order valence-corrected chi connectivity index (χ1v) is 6.35. The van der Waals surface area contributed by atoms with Gasteiger partial charge in [-0.15, -0.1) is 0 Å². The van der Waals surface area contributed by atoms with Crippen molar-refractivity contribution in [1.29, 1.82) is 0 Å². The molecule has 4 nitrogen and oxygen atoms in total. The molecule has 1 rings (SSSR count). The average Bonchev–Trinajstić information content (AvgIpc) is 2.27. The molecule has 2 N–H and O–H groups in total. The van der Waals surface area contributed by atoms with Gasteiger partial charge in [-0.25, -0.2) is 0 Å². The van der Waals surface area contributed by atoms with E-state index >= 15 is 0 Å². The van der Waals surface area contributed by atoms with E-state index in [0.717, 1.165) is 39.2 Å². The molecular formula is C12H26N2O2. The van der Waals surface area contributed by atoms with Crippen LogP contribution in [0.3, 0.4) is 0 Å². The maximum atomic E-state index is 9.16. The first-order chi connectivity index (χ1) is 7.72. The fraction of sp³-hybridized carbons (Fsp3) is 1.00. The number of hydrogen-bond acceptors (Lipinski definition) is 4. The van der Waals surface area contributed by atoms with Gasteiger partial charge in [0.15, 0.2) is 0 Å². The highest BCUT2D eigenvalue weighted by Gasteiger charge is 2.17. The van der Waals surface area contributed by atoms with E-state index in [9.17, 15) is 0 Å². The molecule has 1 aliphatic rings. The largest absolute Gasteiger partial charge is 0.393 e. The number of aliphatic hydroxyl groups is 1. The van der Waals surface area contributed by atoms with E-state index in [4.69, 9.17) is 9.84 Å². The van der Waals surface area contributed by atoms with Crippen LogP contribution in [0.4, 0.5) is 0 Å². The minimum absolute atomic E-state index is 0.186. The van der Waals surface area contributed by atoms with Crippen molar-refractivity contribution >= 4 is 0 Å². The zero-order valence-electron chi connectivity index (χ0n) is 10.6. The van der Waals surface area contributed by atoms with Crippen LogP contribution in [0.1, 0.15) is 26.2 Å². The molecule has 1 fully saturated rings. The zero-order chi connectivity index (χ0) is 11.8. The third kappa shape index (κ3) is 5.80. The van der Waals surface area contributed by atoms with Crippen molar-refractivity contribution in [3.8, 4) is 0 Å². The molecule has 96 valence electrons. The number of hydrogen-bond donors (Lipinski definition) is 2. The number of nitrogens with zero attached hydrogens (tertiary/aromatic N) is 1. The van der Waals surface area contributed by atoms with Crippen molar-refractivity contribution < 1.29 is 9.84 Å². The predicted molar refractivity (Wildman–Crippen MR) is 65.6 cm³/mol. The van der Waals surface area contributed by atoms with Gasteiger partial charge in [0, 0.05) is 19.7 Å². The Morgan fingerprint density at radius 1 is 1.44 bits per heavy atom. The van der Waals surface area contributed by atoms with Crippen LogP contribution >= 0.6 is 0 Å². The Bertz CT molecular complexity index is 168. The highest BCUT2D eigenvalue weighted by Crippen LogP contribution is 2.09. The third-order valence-electron chi connectivity index (χ3n) is 3.19. The smallest absolute Gasteiger partial charge is 0.0589 e. The van der Waals surface area contributed by atoms with Gasteiger partial charge in [0.25, 0.3) is 0 Å². The van der Waals surface area contributed by atoms with Gasteiger partial charge in [-0.1, -0.05) is 0 Å². The molecule has 0 aromatic heterocycles. The number of methoxy groups -OCH3 is 1. The first kappa shape index (κ1) is 13.9. The van der Waals surface area contributed by atoms with Crippen LogP contribution in [0.25, 0.3) is 0 Å². The van der Waals surface area contributed by atoms with Crippen molar-refractivity contribution in [2.24, 2.45) is 0 Å². The first-order valence-electron chi connectivity index (χ1n) is 6.35. The lowest BCUT2D eigenvalue weighted by Gasteiger charge is -2.32. The van der Waals surface area contributed by atoms with E-state index in [-0.39, 0.29) is 6.10 Å². The number of rotatable bonds is 7. The van der Waals surface area contributed by atoms with Crippen LogP contribution in [-0.2, 0) is 4.74 Å². The molecular weight excluding hydrogens is 204 g/mol. The average molecular weight is 230 g/mol. The minimum atomic E-state index is -0.186. The Morgan fingerprint density at radius 3 is 2.69 bits per heavy atom. The summed E-state index contributed by atoms with van der Waals surface area (Å²) < 4.78 is 5.08. The molecule has 0 spiro atoms. The maximum absolute atomic E-state index is 9.16. The number of likely N-dealkylation sites (tertiary alicyclic amines) is 1. The van der Waals surface area contributed by atoms with E-state index in [1.54, 1.807) is 7.11 Å². The molecule has 1 aliphatic heterocycles. The van der Waals surface area contributed by atoms with Crippen LogP contribution in [-0.4, -0.2) is 62.0 Å². The molecule has 1 heterocycles. The van der Waals surface area contributed by atoms with E-state index in [2.05, 4.69) is 10.2 Å². The maximum Gasteiger partial charge on any atom is 0.0589 e. The zero-order valence-corrected chi connectivity index (χ0v) is 10.6. The van der Waals surface area contributed by atoms with Gasteiger partial charge >= 0.3 is 0 Å². The molecule has 0 radical (unpaired) electrons. The summed E-state index contributed by atoms with van der Waals surface area (Å²) in [5.74, 6) is 0. The normalized spacial score (nSPS) is 21.2. The lowest BCUT2D eigenvalue weighted by Crippen LogP contribution is -2.44. The number of aliphatic hydroxyl groups excluding tert-OH is 1. The molecule has 0 amide bonds. The Morgan fingerprint density at radius 2 is 2.12 bits per heavy atom. The Balaban J connectivity index is 2.03. The van der Waals surface area contributed by atoms with Crippen molar-refractivity contribution in [1.82, 2.24) is 10.2 Å². The molecule has 0 saturated carbocycles. The monoisotopic (exact) mass is 230 g/mol. The Labute approximate surface area is 99.0 Å². The van der Waals surface area contributed by atoms with E-state index in [1.165, 1.54) is 12.8 Å².